The second-order valence-electron chi connectivity index (χ2n) is 5.36. The van der Waals surface area contributed by atoms with E-state index in [2.05, 4.69) is 0 Å². The monoisotopic (exact) mass is 314 g/mol. The van der Waals surface area contributed by atoms with Crippen LogP contribution >= 0.6 is 11.3 Å². The number of hydrogen-bond acceptors (Lipinski definition) is 3. The van der Waals surface area contributed by atoms with Gasteiger partial charge in [-0.25, -0.2) is 0 Å². The number of carbonyl (C=O) groups excluding carboxylic acids is 2. The van der Waals surface area contributed by atoms with Crippen molar-refractivity contribution in [1.82, 2.24) is 9.80 Å². The van der Waals surface area contributed by atoms with Crippen molar-refractivity contribution >= 4 is 23.2 Å². The van der Waals surface area contributed by atoms with Crippen LogP contribution in [0.1, 0.15) is 24.9 Å². The van der Waals surface area contributed by atoms with E-state index in [9.17, 15) is 9.59 Å². The van der Waals surface area contributed by atoms with E-state index in [0.29, 0.717) is 31.7 Å². The number of thiophene rings is 1. The van der Waals surface area contributed by atoms with Crippen LogP contribution in [0.15, 0.2) is 42.5 Å². The third kappa shape index (κ3) is 3.04. The molecule has 1 fully saturated rings. The van der Waals surface area contributed by atoms with Gasteiger partial charge >= 0.3 is 0 Å². The lowest BCUT2D eigenvalue weighted by atomic mass is 10.2. The minimum absolute atomic E-state index is 0.0414. The normalized spacial score (nSPS) is 15.0. The molecular weight excluding hydrogens is 296 g/mol. The van der Waals surface area contributed by atoms with Crippen LogP contribution in [0.3, 0.4) is 0 Å². The number of aryl methyl sites for hydroxylation is 1. The van der Waals surface area contributed by atoms with Crippen LogP contribution in [0.2, 0.25) is 0 Å². The van der Waals surface area contributed by atoms with E-state index in [1.54, 1.807) is 0 Å². The van der Waals surface area contributed by atoms with Gasteiger partial charge in [0.25, 0.3) is 11.8 Å². The molecule has 22 heavy (non-hydrogen) atoms. The number of piperazine rings is 1. The molecule has 4 nitrogen and oxygen atoms in total. The van der Waals surface area contributed by atoms with Crippen LogP contribution in [0.5, 0.6) is 0 Å². The summed E-state index contributed by atoms with van der Waals surface area (Å²) in [4.78, 5) is 30.3. The van der Waals surface area contributed by atoms with Crippen LogP contribution in [0, 0.1) is 6.92 Å². The van der Waals surface area contributed by atoms with Gasteiger partial charge < -0.3 is 9.80 Å². The van der Waals surface area contributed by atoms with E-state index < -0.39 is 0 Å². The third-order valence-electron chi connectivity index (χ3n) is 3.83. The molecule has 114 valence electrons. The van der Waals surface area contributed by atoms with Gasteiger partial charge in [0.15, 0.2) is 0 Å². The minimum atomic E-state index is 0.0414. The van der Waals surface area contributed by atoms with Gasteiger partial charge in [0.2, 0.25) is 0 Å². The molecular formula is C17H18N2O2S. The zero-order chi connectivity index (χ0) is 15.5. The summed E-state index contributed by atoms with van der Waals surface area (Å²) >= 11 is 1.52. The summed E-state index contributed by atoms with van der Waals surface area (Å²) in [5.41, 5.74) is 0.705. The lowest BCUT2D eigenvalue weighted by Gasteiger charge is -2.34. The van der Waals surface area contributed by atoms with E-state index in [4.69, 9.17) is 0 Å². The second kappa shape index (κ2) is 6.32. The highest BCUT2D eigenvalue weighted by Gasteiger charge is 2.25. The molecule has 0 spiro atoms. The summed E-state index contributed by atoms with van der Waals surface area (Å²) in [6.45, 7) is 4.36. The number of benzene rings is 1. The molecule has 0 saturated carbocycles. The SMILES string of the molecule is Cc1ccc(C(=O)N2CCN(C(=O)c3ccccc3)CC2)s1. The maximum atomic E-state index is 12.4. The van der Waals surface area contributed by atoms with Crippen molar-refractivity contribution in [3.8, 4) is 0 Å². The highest BCUT2D eigenvalue weighted by atomic mass is 32.1. The van der Waals surface area contributed by atoms with Crippen LogP contribution in [0.4, 0.5) is 0 Å². The molecule has 3 rings (SSSR count). The molecule has 1 aromatic heterocycles. The Morgan fingerprint density at radius 2 is 1.45 bits per heavy atom. The Balaban J connectivity index is 1.61. The van der Waals surface area contributed by atoms with Crippen LogP contribution in [-0.4, -0.2) is 47.8 Å². The maximum Gasteiger partial charge on any atom is 0.264 e. The summed E-state index contributed by atoms with van der Waals surface area (Å²) in [5, 5.41) is 0. The molecule has 1 saturated heterocycles. The second-order valence-corrected chi connectivity index (χ2v) is 6.65. The summed E-state index contributed by atoms with van der Waals surface area (Å²) in [5.74, 6) is 0.115. The molecule has 2 aromatic rings. The molecule has 2 amide bonds. The Kier molecular flexibility index (Phi) is 4.24. The predicted molar refractivity (Wildman–Crippen MR) is 87.3 cm³/mol. The summed E-state index contributed by atoms with van der Waals surface area (Å²) in [6.07, 6.45) is 0. The Morgan fingerprint density at radius 3 is 2.00 bits per heavy atom. The van der Waals surface area contributed by atoms with Crippen molar-refractivity contribution in [2.75, 3.05) is 26.2 Å². The Bertz CT molecular complexity index is 673. The molecule has 0 unspecified atom stereocenters. The zero-order valence-electron chi connectivity index (χ0n) is 12.5. The zero-order valence-corrected chi connectivity index (χ0v) is 13.3. The quantitative estimate of drug-likeness (QED) is 0.855. The summed E-state index contributed by atoms with van der Waals surface area (Å²) in [7, 11) is 0. The fraction of sp³-hybridized carbons (Fsp3) is 0.294. The predicted octanol–water partition coefficient (Wildman–Crippen LogP) is 2.65. The lowest BCUT2D eigenvalue weighted by molar-refractivity contribution is 0.0538. The average Bonchev–Trinajstić information content (AvgIpc) is 3.01. The topological polar surface area (TPSA) is 40.6 Å². The van der Waals surface area contributed by atoms with E-state index in [1.807, 2.05) is 59.2 Å². The molecule has 1 aliphatic rings. The van der Waals surface area contributed by atoms with Crippen molar-refractivity contribution in [3.05, 3.63) is 57.8 Å². The summed E-state index contributed by atoms with van der Waals surface area (Å²) in [6, 6.07) is 13.1. The van der Waals surface area contributed by atoms with Crippen LogP contribution in [0.25, 0.3) is 0 Å². The van der Waals surface area contributed by atoms with E-state index in [0.717, 1.165) is 9.75 Å². The number of nitrogens with zero attached hydrogens (tertiary/aromatic N) is 2. The molecule has 0 bridgehead atoms. The molecule has 2 heterocycles. The first-order chi connectivity index (χ1) is 10.6. The van der Waals surface area contributed by atoms with Gasteiger partial charge in [0.1, 0.15) is 0 Å². The van der Waals surface area contributed by atoms with Crippen LogP contribution in [-0.2, 0) is 0 Å². The fourth-order valence-electron chi connectivity index (χ4n) is 2.58. The van der Waals surface area contributed by atoms with Crippen molar-refractivity contribution in [2.45, 2.75) is 6.92 Å². The third-order valence-corrected chi connectivity index (χ3v) is 4.81. The van der Waals surface area contributed by atoms with Gasteiger partial charge in [-0.05, 0) is 31.2 Å². The standard InChI is InChI=1S/C17H18N2O2S/c1-13-7-8-15(22-13)17(21)19-11-9-18(10-12-19)16(20)14-5-3-2-4-6-14/h2-8H,9-12H2,1H3. The maximum absolute atomic E-state index is 12.4. The minimum Gasteiger partial charge on any atom is -0.335 e. The largest absolute Gasteiger partial charge is 0.335 e. The van der Waals surface area contributed by atoms with E-state index >= 15 is 0 Å². The molecule has 0 atom stereocenters. The van der Waals surface area contributed by atoms with E-state index in [1.165, 1.54) is 11.3 Å². The number of rotatable bonds is 2. The molecule has 0 radical (unpaired) electrons. The van der Waals surface area contributed by atoms with Crippen molar-refractivity contribution < 1.29 is 9.59 Å². The van der Waals surface area contributed by atoms with Crippen molar-refractivity contribution in [3.63, 3.8) is 0 Å². The van der Waals surface area contributed by atoms with Gasteiger partial charge in [-0.15, -0.1) is 11.3 Å². The highest BCUT2D eigenvalue weighted by Crippen LogP contribution is 2.18. The number of carbonyl (C=O) groups is 2. The summed E-state index contributed by atoms with van der Waals surface area (Å²) < 4.78 is 0. The smallest absolute Gasteiger partial charge is 0.264 e. The number of amides is 2. The first-order valence-corrected chi connectivity index (χ1v) is 8.17. The van der Waals surface area contributed by atoms with Gasteiger partial charge in [-0.1, -0.05) is 18.2 Å². The Hall–Kier alpha value is -2.14. The van der Waals surface area contributed by atoms with E-state index in [-0.39, 0.29) is 11.8 Å². The Labute approximate surface area is 134 Å². The first-order valence-electron chi connectivity index (χ1n) is 7.35. The van der Waals surface area contributed by atoms with Crippen molar-refractivity contribution in [1.29, 1.82) is 0 Å². The lowest BCUT2D eigenvalue weighted by Crippen LogP contribution is -2.50. The molecule has 1 aliphatic heterocycles. The van der Waals surface area contributed by atoms with Gasteiger partial charge in [-0.3, -0.25) is 9.59 Å². The molecule has 0 N–H and O–H groups in total. The van der Waals surface area contributed by atoms with Gasteiger partial charge in [-0.2, -0.15) is 0 Å². The number of hydrogen-bond donors (Lipinski definition) is 0. The molecule has 5 heteroatoms. The highest BCUT2D eigenvalue weighted by molar-refractivity contribution is 7.13. The van der Waals surface area contributed by atoms with Gasteiger partial charge in [0.05, 0.1) is 4.88 Å². The molecule has 0 aliphatic carbocycles. The molecule has 1 aromatic carbocycles. The first kappa shape index (κ1) is 14.8. The van der Waals surface area contributed by atoms with Crippen molar-refractivity contribution in [2.24, 2.45) is 0 Å². The van der Waals surface area contributed by atoms with Gasteiger partial charge in [0, 0.05) is 36.6 Å². The van der Waals surface area contributed by atoms with Crippen LogP contribution < -0.4 is 0 Å². The average molecular weight is 314 g/mol. The fourth-order valence-corrected chi connectivity index (χ4v) is 3.42. The Morgan fingerprint density at radius 1 is 0.864 bits per heavy atom.